The molecule has 1 aromatic heterocycles. The standard InChI is InChI=1S/C34H30N4O12S/c1-5-47-27-16-21(10-12-26(27)49-18-29(39)46-4)31-30(33(41)48-6-2)19(3)35-34-36(31)32(40)28(51-34)15-20-8-7-9-23(14-20)50-25-13-11-22(37(42)43)17-24(25)38(44)45/h7-17,31H,5-6,18H2,1-4H3/b28-15+/t31-/m1/s1. The Balaban J connectivity index is 1.59. The first-order valence-electron chi connectivity index (χ1n) is 15.3. The molecule has 0 fully saturated rings. The maximum Gasteiger partial charge on any atom is 0.343 e. The van der Waals surface area contributed by atoms with E-state index in [2.05, 4.69) is 9.73 Å². The smallest absolute Gasteiger partial charge is 0.343 e. The highest BCUT2D eigenvalue weighted by Gasteiger charge is 2.34. The molecule has 0 amide bonds. The second-order valence-corrected chi connectivity index (χ2v) is 11.7. The Kier molecular flexibility index (Phi) is 10.9. The number of benzene rings is 3. The van der Waals surface area contributed by atoms with Crippen molar-refractivity contribution in [2.45, 2.75) is 26.8 Å². The summed E-state index contributed by atoms with van der Waals surface area (Å²) >= 11 is 1.08. The van der Waals surface area contributed by atoms with Crippen molar-refractivity contribution in [3.63, 3.8) is 0 Å². The number of nitro groups is 2. The van der Waals surface area contributed by atoms with Crippen LogP contribution in [0.1, 0.15) is 37.9 Å². The van der Waals surface area contributed by atoms with Crippen molar-refractivity contribution in [2.24, 2.45) is 4.99 Å². The third-order valence-electron chi connectivity index (χ3n) is 7.41. The van der Waals surface area contributed by atoms with Crippen molar-refractivity contribution in [3.8, 4) is 23.0 Å². The lowest BCUT2D eigenvalue weighted by atomic mass is 9.95. The van der Waals surface area contributed by atoms with Crippen LogP contribution in [-0.2, 0) is 19.1 Å². The van der Waals surface area contributed by atoms with Crippen LogP contribution in [0.25, 0.3) is 6.08 Å². The van der Waals surface area contributed by atoms with Gasteiger partial charge in [-0.3, -0.25) is 29.6 Å². The SMILES string of the molecule is CCOC(=O)C1=C(C)N=c2s/c(=C/c3cccc(Oc4ccc([N+](=O)[O-])cc4[N+](=O)[O-])c3)c(=O)n2[C@@H]1c1ccc(OCC(=O)OC)c(OCC)c1. The number of esters is 2. The Hall–Kier alpha value is -6.36. The van der Waals surface area contributed by atoms with Crippen LogP contribution in [0.3, 0.4) is 0 Å². The number of fused-ring (bicyclic) bond motifs is 1. The van der Waals surface area contributed by atoms with Crippen LogP contribution >= 0.6 is 11.3 Å². The molecule has 0 aliphatic carbocycles. The average molecular weight is 719 g/mol. The largest absolute Gasteiger partial charge is 0.490 e. The monoisotopic (exact) mass is 718 g/mol. The van der Waals surface area contributed by atoms with Gasteiger partial charge in [0.2, 0.25) is 5.75 Å². The zero-order valence-electron chi connectivity index (χ0n) is 27.6. The van der Waals surface area contributed by atoms with Crippen LogP contribution < -0.4 is 29.1 Å². The van der Waals surface area contributed by atoms with Gasteiger partial charge in [-0.2, -0.15) is 0 Å². The molecule has 3 aromatic carbocycles. The molecule has 51 heavy (non-hydrogen) atoms. The number of thiazole rings is 1. The Morgan fingerprint density at radius 3 is 2.41 bits per heavy atom. The van der Waals surface area contributed by atoms with Gasteiger partial charge in [-0.1, -0.05) is 29.5 Å². The minimum absolute atomic E-state index is 0.0820. The van der Waals surface area contributed by atoms with E-state index >= 15 is 0 Å². The van der Waals surface area contributed by atoms with E-state index in [1.165, 1.54) is 23.8 Å². The Morgan fingerprint density at radius 1 is 0.961 bits per heavy atom. The molecule has 1 aliphatic rings. The van der Waals surface area contributed by atoms with Crippen molar-refractivity contribution in [2.75, 3.05) is 26.9 Å². The van der Waals surface area contributed by atoms with Gasteiger partial charge < -0.3 is 23.7 Å². The molecule has 2 heterocycles. The first kappa shape index (κ1) is 35.9. The zero-order chi connectivity index (χ0) is 36.8. The van der Waals surface area contributed by atoms with Crippen LogP contribution in [0.4, 0.5) is 11.4 Å². The predicted octanol–water partition coefficient (Wildman–Crippen LogP) is 4.36. The minimum atomic E-state index is -0.978. The van der Waals surface area contributed by atoms with Gasteiger partial charge in [-0.25, -0.2) is 14.6 Å². The lowest BCUT2D eigenvalue weighted by Gasteiger charge is -2.25. The van der Waals surface area contributed by atoms with E-state index < -0.39 is 44.8 Å². The third kappa shape index (κ3) is 7.78. The number of rotatable bonds is 13. The van der Waals surface area contributed by atoms with Crippen LogP contribution in [-0.4, -0.2) is 53.3 Å². The molecule has 0 bridgehead atoms. The molecular weight excluding hydrogens is 688 g/mol. The van der Waals surface area contributed by atoms with E-state index in [0.29, 0.717) is 21.6 Å². The maximum atomic E-state index is 14.1. The number of carbonyl (C=O) groups is 2. The highest BCUT2D eigenvalue weighted by molar-refractivity contribution is 7.07. The number of nitrogens with zero attached hydrogens (tertiary/aromatic N) is 4. The molecular formula is C34H30N4O12S. The second-order valence-electron chi connectivity index (χ2n) is 10.6. The summed E-state index contributed by atoms with van der Waals surface area (Å²) in [6.45, 7) is 5.04. The number of non-ortho nitro benzene ring substituents is 1. The molecule has 1 aliphatic heterocycles. The molecule has 0 saturated carbocycles. The van der Waals surface area contributed by atoms with Crippen molar-refractivity contribution in [1.82, 2.24) is 4.57 Å². The molecule has 0 radical (unpaired) electrons. The summed E-state index contributed by atoms with van der Waals surface area (Å²) in [6.07, 6.45) is 1.58. The topological polar surface area (TPSA) is 201 Å². The molecule has 16 nitrogen and oxygen atoms in total. The van der Waals surface area contributed by atoms with Gasteiger partial charge in [0.15, 0.2) is 22.9 Å². The molecule has 0 unspecified atom stereocenters. The summed E-state index contributed by atoms with van der Waals surface area (Å²) in [5.74, 6) is -0.780. The molecule has 0 N–H and O–H groups in total. The second kappa shape index (κ2) is 15.5. The van der Waals surface area contributed by atoms with Gasteiger partial charge in [0.1, 0.15) is 5.75 Å². The summed E-state index contributed by atoms with van der Waals surface area (Å²) < 4.78 is 28.8. The lowest BCUT2D eigenvalue weighted by Crippen LogP contribution is -2.40. The first-order chi connectivity index (χ1) is 24.4. The van der Waals surface area contributed by atoms with Gasteiger partial charge in [-0.15, -0.1) is 0 Å². The minimum Gasteiger partial charge on any atom is -0.490 e. The van der Waals surface area contributed by atoms with Gasteiger partial charge >= 0.3 is 17.6 Å². The first-order valence-corrected chi connectivity index (χ1v) is 16.1. The highest BCUT2D eigenvalue weighted by atomic mass is 32.1. The summed E-state index contributed by atoms with van der Waals surface area (Å²) in [7, 11) is 1.24. The van der Waals surface area contributed by atoms with Gasteiger partial charge in [0, 0.05) is 6.07 Å². The van der Waals surface area contributed by atoms with Crippen molar-refractivity contribution in [3.05, 3.63) is 123 Å². The number of allylic oxidation sites excluding steroid dienone is 1. The van der Waals surface area contributed by atoms with E-state index in [-0.39, 0.29) is 52.9 Å². The summed E-state index contributed by atoms with van der Waals surface area (Å²) in [4.78, 5) is 65.3. The maximum absolute atomic E-state index is 14.1. The number of ether oxygens (including phenoxy) is 5. The number of carbonyl (C=O) groups excluding carboxylic acids is 2. The van der Waals surface area contributed by atoms with Gasteiger partial charge in [0.25, 0.3) is 11.2 Å². The van der Waals surface area contributed by atoms with E-state index in [1.807, 2.05) is 0 Å². The molecule has 0 saturated heterocycles. The Labute approximate surface area is 292 Å². The van der Waals surface area contributed by atoms with E-state index in [9.17, 15) is 34.6 Å². The number of nitro benzene ring substituents is 2. The molecule has 4 aromatic rings. The number of aromatic nitrogens is 1. The van der Waals surface area contributed by atoms with Crippen molar-refractivity contribution in [1.29, 1.82) is 0 Å². The zero-order valence-corrected chi connectivity index (χ0v) is 28.5. The van der Waals surface area contributed by atoms with E-state index in [1.54, 1.807) is 57.2 Å². The highest BCUT2D eigenvalue weighted by Crippen LogP contribution is 2.37. The lowest BCUT2D eigenvalue weighted by molar-refractivity contribution is -0.394. The van der Waals surface area contributed by atoms with E-state index in [4.69, 9.17) is 18.9 Å². The van der Waals surface area contributed by atoms with Crippen molar-refractivity contribution < 1.29 is 43.1 Å². The fourth-order valence-electron chi connectivity index (χ4n) is 5.18. The summed E-state index contributed by atoms with van der Waals surface area (Å²) in [6, 6.07) is 13.3. The number of hydrogen-bond donors (Lipinski definition) is 0. The predicted molar refractivity (Wildman–Crippen MR) is 182 cm³/mol. The van der Waals surface area contributed by atoms with Crippen LogP contribution in [0.15, 0.2) is 81.7 Å². The van der Waals surface area contributed by atoms with Crippen LogP contribution in [0.5, 0.6) is 23.0 Å². The summed E-state index contributed by atoms with van der Waals surface area (Å²) in [5, 5.41) is 22.7. The molecule has 5 rings (SSSR count). The normalized spacial score (nSPS) is 13.9. The molecule has 17 heteroatoms. The fourth-order valence-corrected chi connectivity index (χ4v) is 6.23. The summed E-state index contributed by atoms with van der Waals surface area (Å²) in [5.41, 5.74) is -0.0721. The van der Waals surface area contributed by atoms with E-state index in [0.717, 1.165) is 29.5 Å². The van der Waals surface area contributed by atoms with Crippen molar-refractivity contribution >= 4 is 40.7 Å². The number of hydrogen-bond acceptors (Lipinski definition) is 14. The van der Waals surface area contributed by atoms with Crippen LogP contribution in [0, 0.1) is 20.2 Å². The fraction of sp³-hybridized carbons (Fsp3) is 0.235. The van der Waals surface area contributed by atoms with Gasteiger partial charge in [-0.05, 0) is 68.3 Å². The Morgan fingerprint density at radius 2 is 1.73 bits per heavy atom. The molecule has 1 atom stereocenters. The third-order valence-corrected chi connectivity index (χ3v) is 8.39. The average Bonchev–Trinajstić information content (AvgIpc) is 3.40. The quantitative estimate of drug-likeness (QED) is 0.108. The molecule has 264 valence electrons. The molecule has 0 spiro atoms. The number of methoxy groups -OCH3 is 1. The van der Waals surface area contributed by atoms with Gasteiger partial charge in [0.05, 0.1) is 58.1 Å². The van der Waals surface area contributed by atoms with Crippen LogP contribution in [0.2, 0.25) is 0 Å². The Bertz CT molecular complexity index is 2260.